The summed E-state index contributed by atoms with van der Waals surface area (Å²) in [4.78, 5) is 10.9. The third-order valence-electron chi connectivity index (χ3n) is 2.20. The molecule has 0 radical (unpaired) electrons. The van der Waals surface area contributed by atoms with Gasteiger partial charge in [-0.1, -0.05) is 17.7 Å². The van der Waals surface area contributed by atoms with Crippen LogP contribution >= 0.6 is 0 Å². The molecule has 1 heterocycles. The number of allylic oxidation sites excluding steroid dienone is 2. The first-order valence-corrected chi connectivity index (χ1v) is 4.14. The first-order chi connectivity index (χ1) is 6.16. The van der Waals surface area contributed by atoms with Crippen molar-refractivity contribution in [1.82, 2.24) is 0 Å². The second kappa shape index (κ2) is 2.76. The zero-order chi connectivity index (χ0) is 9.42. The van der Waals surface area contributed by atoms with E-state index in [1.165, 1.54) is 0 Å². The summed E-state index contributed by atoms with van der Waals surface area (Å²) in [6.45, 7) is 1.94. The number of hydrogen-bond donors (Lipinski definition) is 1. The number of carbonyl (C=O) groups is 1. The molecule has 0 spiro atoms. The molecule has 0 saturated carbocycles. The molecular formula is C10H10O3. The van der Waals surface area contributed by atoms with Crippen LogP contribution in [0.2, 0.25) is 0 Å². The minimum Gasteiger partial charge on any atom is -0.511 e. The number of hydrogen-bond acceptors (Lipinski definition) is 3. The SMILES string of the molecule is CC1=CC2C(O)=CC(=O)OC2C=C1. The summed E-state index contributed by atoms with van der Waals surface area (Å²) in [5.41, 5.74) is 1.07. The molecule has 0 saturated heterocycles. The number of aliphatic hydroxyl groups excluding tert-OH is 1. The summed E-state index contributed by atoms with van der Waals surface area (Å²) in [6, 6.07) is 0. The van der Waals surface area contributed by atoms with Gasteiger partial charge in [-0.3, -0.25) is 0 Å². The highest BCUT2D eigenvalue weighted by molar-refractivity contribution is 5.84. The smallest absolute Gasteiger partial charge is 0.334 e. The Morgan fingerprint density at radius 2 is 2.31 bits per heavy atom. The van der Waals surface area contributed by atoms with E-state index in [-0.39, 0.29) is 17.8 Å². The van der Waals surface area contributed by atoms with Gasteiger partial charge in [0.05, 0.1) is 12.0 Å². The van der Waals surface area contributed by atoms with E-state index in [0.29, 0.717) is 0 Å². The van der Waals surface area contributed by atoms with Crippen molar-refractivity contribution < 1.29 is 14.6 Å². The molecule has 0 bridgehead atoms. The standard InChI is InChI=1S/C10H10O3/c1-6-2-3-9-7(4-6)8(11)5-10(12)13-9/h2-5,7,9,11H,1H3. The van der Waals surface area contributed by atoms with Crippen LogP contribution in [0.25, 0.3) is 0 Å². The maximum absolute atomic E-state index is 10.9. The second-order valence-electron chi connectivity index (χ2n) is 3.27. The molecule has 2 aliphatic rings. The van der Waals surface area contributed by atoms with E-state index < -0.39 is 5.97 Å². The molecule has 2 atom stereocenters. The number of aliphatic hydroxyl groups is 1. The first-order valence-electron chi connectivity index (χ1n) is 4.14. The van der Waals surface area contributed by atoms with Crippen molar-refractivity contribution in [3.63, 3.8) is 0 Å². The lowest BCUT2D eigenvalue weighted by Gasteiger charge is -2.27. The Kier molecular flexibility index (Phi) is 1.72. The maximum Gasteiger partial charge on any atom is 0.334 e. The van der Waals surface area contributed by atoms with Gasteiger partial charge in [0.1, 0.15) is 11.9 Å². The minimum absolute atomic E-state index is 0.0879. The first kappa shape index (κ1) is 8.10. The lowest BCUT2D eigenvalue weighted by Crippen LogP contribution is -2.31. The van der Waals surface area contributed by atoms with E-state index in [4.69, 9.17) is 4.74 Å². The van der Waals surface area contributed by atoms with E-state index in [2.05, 4.69) is 0 Å². The van der Waals surface area contributed by atoms with E-state index >= 15 is 0 Å². The Morgan fingerprint density at radius 3 is 3.08 bits per heavy atom. The summed E-state index contributed by atoms with van der Waals surface area (Å²) < 4.78 is 5.00. The summed E-state index contributed by atoms with van der Waals surface area (Å²) in [5.74, 6) is -0.580. The third-order valence-corrected chi connectivity index (χ3v) is 2.20. The van der Waals surface area contributed by atoms with Crippen LogP contribution in [-0.4, -0.2) is 17.2 Å². The van der Waals surface area contributed by atoms with Crippen molar-refractivity contribution in [1.29, 1.82) is 0 Å². The zero-order valence-electron chi connectivity index (χ0n) is 7.23. The highest BCUT2D eigenvalue weighted by atomic mass is 16.5. The Hall–Kier alpha value is -1.51. The molecule has 2 unspecified atom stereocenters. The number of rotatable bonds is 0. The summed E-state index contributed by atoms with van der Waals surface area (Å²) in [6.07, 6.45) is 6.36. The van der Waals surface area contributed by atoms with Gasteiger partial charge in [0.25, 0.3) is 0 Å². The van der Waals surface area contributed by atoms with Crippen LogP contribution < -0.4 is 0 Å². The number of ether oxygens (including phenoxy) is 1. The number of esters is 1. The van der Waals surface area contributed by atoms with Gasteiger partial charge in [-0.25, -0.2) is 4.79 Å². The van der Waals surface area contributed by atoms with Crippen molar-refractivity contribution in [3.8, 4) is 0 Å². The van der Waals surface area contributed by atoms with Gasteiger partial charge in [0, 0.05) is 0 Å². The average Bonchev–Trinajstić information content (AvgIpc) is 2.06. The Morgan fingerprint density at radius 1 is 1.54 bits per heavy atom. The highest BCUT2D eigenvalue weighted by Crippen LogP contribution is 2.28. The molecule has 0 aromatic heterocycles. The van der Waals surface area contributed by atoms with Gasteiger partial charge in [-0.2, -0.15) is 0 Å². The van der Waals surface area contributed by atoms with Crippen LogP contribution in [-0.2, 0) is 9.53 Å². The van der Waals surface area contributed by atoms with E-state index in [1.54, 1.807) is 6.08 Å². The molecule has 1 aliphatic heterocycles. The molecule has 0 amide bonds. The lowest BCUT2D eigenvalue weighted by molar-refractivity contribution is -0.144. The molecule has 2 rings (SSSR count). The van der Waals surface area contributed by atoms with Gasteiger partial charge in [-0.05, 0) is 13.0 Å². The second-order valence-corrected chi connectivity index (χ2v) is 3.27. The molecule has 3 nitrogen and oxygen atoms in total. The zero-order valence-corrected chi connectivity index (χ0v) is 7.23. The maximum atomic E-state index is 10.9. The number of fused-ring (bicyclic) bond motifs is 1. The van der Waals surface area contributed by atoms with Crippen molar-refractivity contribution in [2.45, 2.75) is 13.0 Å². The van der Waals surface area contributed by atoms with Crippen LogP contribution in [0, 0.1) is 5.92 Å². The Balaban J connectivity index is 2.35. The van der Waals surface area contributed by atoms with Crippen molar-refractivity contribution in [2.75, 3.05) is 0 Å². The van der Waals surface area contributed by atoms with Crippen LogP contribution in [0.5, 0.6) is 0 Å². The van der Waals surface area contributed by atoms with E-state index in [0.717, 1.165) is 11.6 Å². The molecule has 0 fully saturated rings. The number of carbonyl (C=O) groups excluding carboxylic acids is 1. The molecular weight excluding hydrogens is 168 g/mol. The Labute approximate surface area is 76.0 Å². The van der Waals surface area contributed by atoms with Gasteiger partial charge in [0.2, 0.25) is 0 Å². The van der Waals surface area contributed by atoms with Crippen LogP contribution in [0.3, 0.4) is 0 Å². The fourth-order valence-electron chi connectivity index (χ4n) is 1.55. The normalized spacial score (nSPS) is 31.6. The quantitative estimate of drug-likeness (QED) is 0.571. The third kappa shape index (κ3) is 1.37. The molecule has 1 N–H and O–H groups in total. The van der Waals surface area contributed by atoms with E-state index in [1.807, 2.05) is 19.1 Å². The monoisotopic (exact) mass is 178 g/mol. The predicted octanol–water partition coefficient (Wildman–Crippen LogP) is 1.49. The van der Waals surface area contributed by atoms with Gasteiger partial charge < -0.3 is 9.84 Å². The molecule has 0 aromatic carbocycles. The topological polar surface area (TPSA) is 46.5 Å². The molecule has 68 valence electrons. The minimum atomic E-state index is -0.476. The summed E-state index contributed by atoms with van der Waals surface area (Å²) >= 11 is 0. The summed E-state index contributed by atoms with van der Waals surface area (Å²) in [7, 11) is 0. The van der Waals surface area contributed by atoms with Crippen molar-refractivity contribution in [3.05, 3.63) is 35.6 Å². The van der Waals surface area contributed by atoms with Gasteiger partial charge >= 0.3 is 5.97 Å². The fourth-order valence-corrected chi connectivity index (χ4v) is 1.55. The van der Waals surface area contributed by atoms with Crippen molar-refractivity contribution >= 4 is 5.97 Å². The Bertz CT molecular complexity index is 336. The molecule has 0 aromatic rings. The highest BCUT2D eigenvalue weighted by Gasteiger charge is 2.30. The molecule has 1 aliphatic carbocycles. The van der Waals surface area contributed by atoms with Crippen LogP contribution in [0.4, 0.5) is 0 Å². The van der Waals surface area contributed by atoms with Crippen LogP contribution in [0.15, 0.2) is 35.6 Å². The summed E-state index contributed by atoms with van der Waals surface area (Å²) in [5, 5.41) is 9.47. The molecule has 13 heavy (non-hydrogen) atoms. The largest absolute Gasteiger partial charge is 0.511 e. The van der Waals surface area contributed by atoms with Gasteiger partial charge in [0.15, 0.2) is 0 Å². The van der Waals surface area contributed by atoms with Crippen LogP contribution in [0.1, 0.15) is 6.92 Å². The van der Waals surface area contributed by atoms with E-state index in [9.17, 15) is 9.90 Å². The van der Waals surface area contributed by atoms with Crippen molar-refractivity contribution in [2.24, 2.45) is 5.92 Å². The van der Waals surface area contributed by atoms with Gasteiger partial charge in [-0.15, -0.1) is 0 Å². The molecule has 3 heteroatoms. The fraction of sp³-hybridized carbons (Fsp3) is 0.300. The lowest BCUT2D eigenvalue weighted by atomic mass is 9.90. The average molecular weight is 178 g/mol. The predicted molar refractivity (Wildman–Crippen MR) is 47.0 cm³/mol.